The molecule has 9 nitrogen and oxygen atoms in total. The van der Waals surface area contributed by atoms with E-state index in [4.69, 9.17) is 10.3 Å². The third-order valence-electron chi connectivity index (χ3n) is 3.73. The Morgan fingerprint density at radius 1 is 1.29 bits per heavy atom. The largest absolute Gasteiger partial charge is 0.381 e. The second-order valence-electron chi connectivity index (χ2n) is 5.34. The minimum absolute atomic E-state index is 0.0817. The van der Waals surface area contributed by atoms with Crippen LogP contribution in [0.3, 0.4) is 0 Å². The average molecular weight is 348 g/mol. The Kier molecular flexibility index (Phi) is 4.70. The van der Waals surface area contributed by atoms with E-state index in [9.17, 15) is 8.42 Å². The van der Waals surface area contributed by atoms with Crippen LogP contribution in [0.5, 0.6) is 0 Å². The van der Waals surface area contributed by atoms with Crippen LogP contribution in [0.4, 0.5) is 11.4 Å². The van der Waals surface area contributed by atoms with Crippen molar-refractivity contribution in [3.8, 4) is 0 Å². The van der Waals surface area contributed by atoms with Crippen molar-refractivity contribution in [2.45, 2.75) is 23.8 Å². The van der Waals surface area contributed by atoms with Crippen molar-refractivity contribution in [3.05, 3.63) is 47.1 Å². The first-order valence-electron chi connectivity index (χ1n) is 7.38. The molecule has 24 heavy (non-hydrogen) atoms. The standard InChI is InChI=1S/C14H16N6O3S/c15-19-17-11-1-3-14(4-2-11)24(21,22)18-12-9-16-20(10-12)13-5-7-23-8-6-13/h1-4,9-10,13,18H,5-8H2. The van der Waals surface area contributed by atoms with Gasteiger partial charge >= 0.3 is 0 Å². The highest BCUT2D eigenvalue weighted by Gasteiger charge is 2.19. The Labute approximate surface area is 138 Å². The summed E-state index contributed by atoms with van der Waals surface area (Å²) in [6.45, 7) is 1.37. The molecular weight excluding hydrogens is 332 g/mol. The molecular formula is C14H16N6O3S. The summed E-state index contributed by atoms with van der Waals surface area (Å²) >= 11 is 0. The molecule has 1 fully saturated rings. The van der Waals surface area contributed by atoms with E-state index in [1.165, 1.54) is 30.5 Å². The summed E-state index contributed by atoms with van der Waals surface area (Å²) < 4.78 is 34.3. The van der Waals surface area contributed by atoms with E-state index in [0.29, 0.717) is 24.6 Å². The molecule has 1 N–H and O–H groups in total. The van der Waals surface area contributed by atoms with Crippen molar-refractivity contribution in [3.63, 3.8) is 0 Å². The monoisotopic (exact) mass is 348 g/mol. The predicted molar refractivity (Wildman–Crippen MR) is 87.4 cm³/mol. The maximum absolute atomic E-state index is 12.4. The molecule has 0 bridgehead atoms. The number of hydrogen-bond donors (Lipinski definition) is 1. The van der Waals surface area contributed by atoms with Crippen molar-refractivity contribution < 1.29 is 13.2 Å². The summed E-state index contributed by atoms with van der Waals surface area (Å²) in [6, 6.07) is 5.88. The molecule has 1 aromatic carbocycles. The average Bonchev–Trinajstić information content (AvgIpc) is 3.04. The van der Waals surface area contributed by atoms with Gasteiger partial charge in [0, 0.05) is 30.0 Å². The number of ether oxygens (including phenoxy) is 1. The molecule has 0 aliphatic carbocycles. The summed E-state index contributed by atoms with van der Waals surface area (Å²) in [5.41, 5.74) is 9.12. The van der Waals surface area contributed by atoms with Crippen LogP contribution in [0.2, 0.25) is 0 Å². The number of aromatic nitrogens is 2. The zero-order valence-corrected chi connectivity index (χ0v) is 13.6. The van der Waals surface area contributed by atoms with E-state index < -0.39 is 10.0 Å². The Morgan fingerprint density at radius 2 is 2.00 bits per heavy atom. The van der Waals surface area contributed by atoms with Crippen molar-refractivity contribution in [2.24, 2.45) is 5.11 Å². The van der Waals surface area contributed by atoms with Gasteiger partial charge in [-0.25, -0.2) is 8.42 Å². The number of nitrogens with zero attached hydrogens (tertiary/aromatic N) is 5. The fraction of sp³-hybridized carbons (Fsp3) is 0.357. The number of rotatable bonds is 5. The molecule has 1 aliphatic rings. The number of sulfonamides is 1. The summed E-state index contributed by atoms with van der Waals surface area (Å²) in [4.78, 5) is 2.73. The quantitative estimate of drug-likeness (QED) is 0.507. The Balaban J connectivity index is 1.74. The molecule has 0 atom stereocenters. The van der Waals surface area contributed by atoms with Gasteiger partial charge < -0.3 is 4.74 Å². The molecule has 10 heteroatoms. The van der Waals surface area contributed by atoms with Crippen LogP contribution < -0.4 is 4.72 Å². The zero-order chi connectivity index (χ0) is 17.0. The summed E-state index contributed by atoms with van der Waals surface area (Å²) in [5.74, 6) is 0. The van der Waals surface area contributed by atoms with Crippen molar-refractivity contribution in [2.75, 3.05) is 17.9 Å². The summed E-state index contributed by atoms with van der Waals surface area (Å²) in [7, 11) is -3.73. The predicted octanol–water partition coefficient (Wildman–Crippen LogP) is 2.98. The lowest BCUT2D eigenvalue weighted by Crippen LogP contribution is -2.19. The van der Waals surface area contributed by atoms with Crippen LogP contribution in [0.15, 0.2) is 46.7 Å². The van der Waals surface area contributed by atoms with Crippen LogP contribution in [0.25, 0.3) is 10.4 Å². The van der Waals surface area contributed by atoms with Gasteiger partial charge in [-0.2, -0.15) is 5.10 Å². The van der Waals surface area contributed by atoms with Crippen LogP contribution in [-0.2, 0) is 14.8 Å². The number of anilines is 1. The molecule has 1 aromatic heterocycles. The molecule has 2 heterocycles. The second-order valence-corrected chi connectivity index (χ2v) is 7.02. The van der Waals surface area contributed by atoms with Crippen molar-refractivity contribution >= 4 is 21.4 Å². The van der Waals surface area contributed by atoms with Gasteiger partial charge in [0.15, 0.2) is 0 Å². The molecule has 0 unspecified atom stereocenters. The lowest BCUT2D eigenvalue weighted by molar-refractivity contribution is 0.0662. The highest BCUT2D eigenvalue weighted by atomic mass is 32.2. The molecule has 0 saturated carbocycles. The van der Waals surface area contributed by atoms with Gasteiger partial charge in [0.05, 0.1) is 22.8 Å². The fourth-order valence-electron chi connectivity index (χ4n) is 2.50. The number of azide groups is 1. The smallest absolute Gasteiger partial charge is 0.261 e. The van der Waals surface area contributed by atoms with E-state index in [-0.39, 0.29) is 10.9 Å². The SMILES string of the molecule is [N-]=[N+]=Nc1ccc(S(=O)(=O)Nc2cnn(C3CCOCC3)c2)cc1. The summed E-state index contributed by atoms with van der Waals surface area (Å²) in [5, 5.41) is 7.65. The van der Waals surface area contributed by atoms with Gasteiger partial charge in [-0.1, -0.05) is 17.2 Å². The van der Waals surface area contributed by atoms with Crippen LogP contribution >= 0.6 is 0 Å². The molecule has 0 radical (unpaired) electrons. The first kappa shape index (κ1) is 16.3. The van der Waals surface area contributed by atoms with Crippen molar-refractivity contribution in [1.82, 2.24) is 9.78 Å². The van der Waals surface area contributed by atoms with E-state index in [1.807, 2.05) is 0 Å². The zero-order valence-electron chi connectivity index (χ0n) is 12.7. The second kappa shape index (κ2) is 6.91. The van der Waals surface area contributed by atoms with Crippen molar-refractivity contribution in [1.29, 1.82) is 0 Å². The molecule has 1 saturated heterocycles. The van der Waals surface area contributed by atoms with Gasteiger partial charge in [-0.3, -0.25) is 9.40 Å². The Morgan fingerprint density at radius 3 is 2.67 bits per heavy atom. The molecule has 2 aromatic rings. The number of nitrogens with one attached hydrogen (secondary N) is 1. The van der Waals surface area contributed by atoms with E-state index in [2.05, 4.69) is 19.8 Å². The van der Waals surface area contributed by atoms with Crippen LogP contribution in [-0.4, -0.2) is 31.4 Å². The van der Waals surface area contributed by atoms with Gasteiger partial charge in [0.25, 0.3) is 10.0 Å². The molecule has 126 valence electrons. The summed E-state index contributed by atoms with van der Waals surface area (Å²) in [6.07, 6.45) is 4.88. The minimum Gasteiger partial charge on any atom is -0.381 e. The highest BCUT2D eigenvalue weighted by Crippen LogP contribution is 2.23. The Bertz CT molecular complexity index is 849. The molecule has 0 amide bonds. The minimum atomic E-state index is -3.73. The van der Waals surface area contributed by atoms with E-state index in [1.54, 1.807) is 10.9 Å². The van der Waals surface area contributed by atoms with Crippen LogP contribution in [0.1, 0.15) is 18.9 Å². The maximum atomic E-state index is 12.4. The Hall–Kier alpha value is -2.55. The number of hydrogen-bond acceptors (Lipinski definition) is 5. The molecule has 1 aliphatic heterocycles. The molecule has 3 rings (SSSR count). The lowest BCUT2D eigenvalue weighted by Gasteiger charge is -2.22. The first-order chi connectivity index (χ1) is 11.6. The van der Waals surface area contributed by atoms with Gasteiger partial charge in [0.2, 0.25) is 0 Å². The van der Waals surface area contributed by atoms with Gasteiger partial charge in [-0.15, -0.1) is 0 Å². The fourth-order valence-corrected chi connectivity index (χ4v) is 3.53. The maximum Gasteiger partial charge on any atom is 0.261 e. The van der Waals surface area contributed by atoms with E-state index >= 15 is 0 Å². The normalized spacial score (nSPS) is 15.7. The third kappa shape index (κ3) is 3.67. The van der Waals surface area contributed by atoms with E-state index in [0.717, 1.165) is 12.8 Å². The number of benzene rings is 1. The lowest BCUT2D eigenvalue weighted by atomic mass is 10.1. The topological polar surface area (TPSA) is 122 Å². The molecule has 0 spiro atoms. The first-order valence-corrected chi connectivity index (χ1v) is 8.87. The van der Waals surface area contributed by atoms with Gasteiger partial charge in [-0.05, 0) is 30.5 Å². The highest BCUT2D eigenvalue weighted by molar-refractivity contribution is 7.92. The van der Waals surface area contributed by atoms with Crippen LogP contribution in [0, 0.1) is 0 Å². The van der Waals surface area contributed by atoms with Gasteiger partial charge in [0.1, 0.15) is 0 Å². The third-order valence-corrected chi connectivity index (χ3v) is 5.12.